The Labute approximate surface area is 116 Å². The van der Waals surface area contributed by atoms with Crippen molar-refractivity contribution in [2.75, 3.05) is 13.7 Å². The molecule has 1 aliphatic heterocycles. The first kappa shape index (κ1) is 14.6. The molecule has 19 heavy (non-hydrogen) atoms. The van der Waals surface area contributed by atoms with Gasteiger partial charge in [-0.15, -0.1) is 0 Å². The fourth-order valence-corrected chi connectivity index (χ4v) is 2.09. The molecule has 0 bridgehead atoms. The van der Waals surface area contributed by atoms with Crippen LogP contribution >= 0.6 is 0 Å². The van der Waals surface area contributed by atoms with Gasteiger partial charge >= 0.3 is 7.12 Å². The molecule has 0 spiro atoms. The molecule has 1 heterocycles. The Morgan fingerprint density at radius 3 is 2.32 bits per heavy atom. The Balaban J connectivity index is 2.15. The van der Waals surface area contributed by atoms with Crippen LogP contribution in [0.3, 0.4) is 0 Å². The van der Waals surface area contributed by atoms with Crippen LogP contribution in [0.25, 0.3) is 0 Å². The zero-order chi connectivity index (χ0) is 14.1. The van der Waals surface area contributed by atoms with Gasteiger partial charge in [0.25, 0.3) is 0 Å². The molecular weight excluding hydrogens is 239 g/mol. The van der Waals surface area contributed by atoms with Crippen molar-refractivity contribution in [1.82, 2.24) is 0 Å². The van der Waals surface area contributed by atoms with Gasteiger partial charge in [-0.1, -0.05) is 24.3 Å². The zero-order valence-corrected chi connectivity index (χ0v) is 12.5. The molecule has 1 saturated heterocycles. The van der Waals surface area contributed by atoms with Gasteiger partial charge in [-0.2, -0.15) is 0 Å². The molecule has 0 radical (unpaired) electrons. The van der Waals surface area contributed by atoms with Crippen LogP contribution in [0, 0.1) is 0 Å². The fourth-order valence-electron chi connectivity index (χ4n) is 2.09. The van der Waals surface area contributed by atoms with Gasteiger partial charge in [-0.3, -0.25) is 0 Å². The van der Waals surface area contributed by atoms with Crippen LogP contribution in [0.1, 0.15) is 33.3 Å². The van der Waals surface area contributed by atoms with E-state index in [0.29, 0.717) is 0 Å². The second kappa shape index (κ2) is 5.27. The lowest BCUT2D eigenvalue weighted by atomic mass is 9.78. The monoisotopic (exact) mass is 262 g/mol. The van der Waals surface area contributed by atoms with Crippen molar-refractivity contribution in [1.29, 1.82) is 0 Å². The molecule has 0 aliphatic carbocycles. The Morgan fingerprint density at radius 1 is 1.11 bits per heavy atom. The van der Waals surface area contributed by atoms with Gasteiger partial charge in [-0.05, 0) is 45.1 Å². The molecule has 0 N–H and O–H groups in total. The minimum absolute atomic E-state index is 0.285. The molecule has 3 nitrogen and oxygen atoms in total. The molecular formula is C15H23BO3. The summed E-state index contributed by atoms with van der Waals surface area (Å²) in [6.45, 7) is 9.01. The molecule has 0 amide bonds. The predicted octanol–water partition coefficient (Wildman–Crippen LogP) is 2.17. The number of methoxy groups -OCH3 is 1. The van der Waals surface area contributed by atoms with Gasteiger partial charge in [0.1, 0.15) is 0 Å². The molecule has 0 atom stereocenters. The highest BCUT2D eigenvalue weighted by atomic mass is 16.7. The van der Waals surface area contributed by atoms with Crippen LogP contribution in [0.4, 0.5) is 0 Å². The Morgan fingerprint density at radius 2 is 1.74 bits per heavy atom. The van der Waals surface area contributed by atoms with Crippen LogP contribution in [0.5, 0.6) is 0 Å². The van der Waals surface area contributed by atoms with Gasteiger partial charge in [0, 0.05) is 7.11 Å². The number of ether oxygens (including phenoxy) is 1. The smallest absolute Gasteiger partial charge is 0.399 e. The fraction of sp³-hybridized carbons (Fsp3) is 0.600. The first-order valence-corrected chi connectivity index (χ1v) is 6.79. The average molecular weight is 262 g/mol. The Kier molecular flexibility index (Phi) is 4.04. The predicted molar refractivity (Wildman–Crippen MR) is 77.7 cm³/mol. The van der Waals surface area contributed by atoms with Crippen molar-refractivity contribution < 1.29 is 14.0 Å². The maximum Gasteiger partial charge on any atom is 0.494 e. The Bertz CT molecular complexity index is 427. The third-order valence-electron chi connectivity index (χ3n) is 4.07. The van der Waals surface area contributed by atoms with E-state index in [1.54, 1.807) is 7.11 Å². The lowest BCUT2D eigenvalue weighted by Crippen LogP contribution is -2.41. The van der Waals surface area contributed by atoms with Gasteiger partial charge in [-0.25, -0.2) is 0 Å². The normalized spacial score (nSPS) is 20.8. The van der Waals surface area contributed by atoms with E-state index in [0.717, 1.165) is 18.5 Å². The summed E-state index contributed by atoms with van der Waals surface area (Å²) in [6.07, 6.45) is 0.907. The van der Waals surface area contributed by atoms with E-state index in [9.17, 15) is 0 Å². The van der Waals surface area contributed by atoms with E-state index < -0.39 is 0 Å². The molecule has 2 rings (SSSR count). The highest BCUT2D eigenvalue weighted by molar-refractivity contribution is 6.62. The molecule has 1 aromatic rings. The molecule has 1 aliphatic rings. The lowest BCUT2D eigenvalue weighted by Gasteiger charge is -2.32. The Hall–Kier alpha value is -0.835. The minimum atomic E-state index is -0.291. The topological polar surface area (TPSA) is 27.7 Å². The largest absolute Gasteiger partial charge is 0.494 e. The maximum absolute atomic E-state index is 6.06. The summed E-state index contributed by atoms with van der Waals surface area (Å²) in [5.74, 6) is 0. The van der Waals surface area contributed by atoms with Crippen LogP contribution in [0.15, 0.2) is 24.3 Å². The van der Waals surface area contributed by atoms with E-state index in [2.05, 4.69) is 45.9 Å². The van der Waals surface area contributed by atoms with E-state index in [-0.39, 0.29) is 18.3 Å². The lowest BCUT2D eigenvalue weighted by molar-refractivity contribution is 0.00578. The molecule has 0 aromatic heterocycles. The summed E-state index contributed by atoms with van der Waals surface area (Å²) in [5.41, 5.74) is 1.74. The van der Waals surface area contributed by atoms with Crippen LogP contribution in [0.2, 0.25) is 0 Å². The summed E-state index contributed by atoms with van der Waals surface area (Å²) in [4.78, 5) is 0. The van der Waals surface area contributed by atoms with Crippen molar-refractivity contribution in [3.63, 3.8) is 0 Å². The summed E-state index contributed by atoms with van der Waals surface area (Å²) in [5, 5.41) is 0. The van der Waals surface area contributed by atoms with Crippen molar-refractivity contribution in [3.05, 3.63) is 29.8 Å². The molecule has 0 unspecified atom stereocenters. The van der Waals surface area contributed by atoms with E-state index in [1.165, 1.54) is 5.56 Å². The van der Waals surface area contributed by atoms with E-state index >= 15 is 0 Å². The van der Waals surface area contributed by atoms with Crippen molar-refractivity contribution in [2.24, 2.45) is 0 Å². The molecule has 1 aromatic carbocycles. The first-order chi connectivity index (χ1) is 8.86. The summed E-state index contributed by atoms with van der Waals surface area (Å²) < 4.78 is 17.2. The number of rotatable bonds is 4. The van der Waals surface area contributed by atoms with Gasteiger partial charge in [0.15, 0.2) is 0 Å². The quantitative estimate of drug-likeness (QED) is 0.778. The summed E-state index contributed by atoms with van der Waals surface area (Å²) >= 11 is 0. The zero-order valence-electron chi connectivity index (χ0n) is 12.5. The third-order valence-corrected chi connectivity index (χ3v) is 4.07. The van der Waals surface area contributed by atoms with Crippen LogP contribution in [-0.4, -0.2) is 32.0 Å². The third kappa shape index (κ3) is 3.02. The number of hydrogen-bond acceptors (Lipinski definition) is 3. The maximum atomic E-state index is 6.06. The molecule has 104 valence electrons. The van der Waals surface area contributed by atoms with Crippen molar-refractivity contribution in [2.45, 2.75) is 45.3 Å². The van der Waals surface area contributed by atoms with Gasteiger partial charge in [0.2, 0.25) is 0 Å². The molecule has 4 heteroatoms. The van der Waals surface area contributed by atoms with Crippen molar-refractivity contribution in [3.8, 4) is 0 Å². The standard InChI is InChI=1S/C15H23BO3/c1-14(2)15(3,4)19-16(18-14)13-8-6-7-12(11-13)9-10-17-5/h6-8,11H,9-10H2,1-5H3. The summed E-state index contributed by atoms with van der Waals surface area (Å²) in [6, 6.07) is 8.35. The minimum Gasteiger partial charge on any atom is -0.399 e. The van der Waals surface area contributed by atoms with Crippen LogP contribution < -0.4 is 5.46 Å². The SMILES string of the molecule is COCCc1cccc(B2OC(C)(C)C(C)(C)O2)c1. The highest BCUT2D eigenvalue weighted by Crippen LogP contribution is 2.36. The van der Waals surface area contributed by atoms with E-state index in [4.69, 9.17) is 14.0 Å². The highest BCUT2D eigenvalue weighted by Gasteiger charge is 2.51. The number of benzene rings is 1. The van der Waals surface area contributed by atoms with Gasteiger partial charge in [0.05, 0.1) is 17.8 Å². The number of hydrogen-bond donors (Lipinski definition) is 0. The van der Waals surface area contributed by atoms with E-state index in [1.807, 2.05) is 6.07 Å². The molecule has 1 fully saturated rings. The summed E-state index contributed by atoms with van der Waals surface area (Å²) in [7, 11) is 1.44. The van der Waals surface area contributed by atoms with Gasteiger partial charge < -0.3 is 14.0 Å². The second-order valence-corrected chi connectivity index (χ2v) is 6.08. The second-order valence-electron chi connectivity index (χ2n) is 6.08. The first-order valence-electron chi connectivity index (χ1n) is 6.79. The average Bonchev–Trinajstić information content (AvgIpc) is 2.56. The van der Waals surface area contributed by atoms with Crippen molar-refractivity contribution >= 4 is 12.6 Å². The molecule has 0 saturated carbocycles. The van der Waals surface area contributed by atoms with Crippen LogP contribution in [-0.2, 0) is 20.5 Å².